The molecule has 0 saturated carbocycles. The highest BCUT2D eigenvalue weighted by Gasteiger charge is 2.06. The summed E-state index contributed by atoms with van der Waals surface area (Å²) in [7, 11) is 0. The van der Waals surface area contributed by atoms with Crippen LogP contribution in [0.1, 0.15) is 23.9 Å². The number of hydrogen-bond acceptors (Lipinski definition) is 5. The van der Waals surface area contributed by atoms with Crippen LogP contribution in [0, 0.1) is 0 Å². The number of aromatic nitrogens is 2. The number of hydrogen-bond donors (Lipinski definition) is 1. The van der Waals surface area contributed by atoms with Crippen LogP contribution in [0.5, 0.6) is 5.75 Å². The Morgan fingerprint density at radius 3 is 3.05 bits per heavy atom. The summed E-state index contributed by atoms with van der Waals surface area (Å²) in [6.07, 6.45) is 8.16. The maximum Gasteiger partial charge on any atom is 0.137 e. The van der Waals surface area contributed by atoms with Gasteiger partial charge in [-0.05, 0) is 24.5 Å². The van der Waals surface area contributed by atoms with Crippen LogP contribution in [0.15, 0.2) is 30.0 Å². The minimum absolute atomic E-state index is 0.0224. The van der Waals surface area contributed by atoms with Gasteiger partial charge in [-0.2, -0.15) is 0 Å². The summed E-state index contributed by atoms with van der Waals surface area (Å²) in [5.74, 6) is 0.795. The van der Waals surface area contributed by atoms with Crippen molar-refractivity contribution in [3.05, 3.63) is 40.6 Å². The van der Waals surface area contributed by atoms with Crippen molar-refractivity contribution in [1.82, 2.24) is 9.97 Å². The van der Waals surface area contributed by atoms with E-state index in [1.165, 1.54) is 5.56 Å². The van der Waals surface area contributed by atoms with Crippen LogP contribution in [-0.4, -0.2) is 22.6 Å². The van der Waals surface area contributed by atoms with Gasteiger partial charge in [-0.25, -0.2) is 4.98 Å². The Balaban J connectivity index is 1.74. The summed E-state index contributed by atoms with van der Waals surface area (Å²) in [5, 5.41) is 3.12. The number of aryl methyl sites for hydroxylation is 2. The Morgan fingerprint density at radius 2 is 2.32 bits per heavy atom. The predicted octanol–water partition coefficient (Wildman–Crippen LogP) is 2.44. The van der Waals surface area contributed by atoms with Gasteiger partial charge >= 0.3 is 0 Å². The average Bonchev–Trinajstić information content (AvgIpc) is 2.96. The molecule has 102 valence electrons. The van der Waals surface area contributed by atoms with Gasteiger partial charge in [-0.1, -0.05) is 6.92 Å². The fraction of sp³-hybridized carbons (Fsp3) is 0.429. The lowest BCUT2D eigenvalue weighted by molar-refractivity contribution is 0.281. The molecule has 0 fully saturated rings. The second kappa shape index (κ2) is 7.21. The second-order valence-corrected chi connectivity index (χ2v) is 5.40. The molecule has 0 aliphatic rings. The molecule has 2 N–H and O–H groups in total. The molecule has 0 aliphatic heterocycles. The van der Waals surface area contributed by atoms with Crippen LogP contribution >= 0.6 is 11.3 Å². The minimum Gasteiger partial charge on any atom is -0.490 e. The Bertz CT molecular complexity index is 487. The monoisotopic (exact) mass is 277 g/mol. The van der Waals surface area contributed by atoms with Crippen molar-refractivity contribution in [2.24, 2.45) is 5.73 Å². The molecule has 0 spiro atoms. The van der Waals surface area contributed by atoms with Crippen molar-refractivity contribution in [3.63, 3.8) is 0 Å². The highest BCUT2D eigenvalue weighted by atomic mass is 32.1. The van der Waals surface area contributed by atoms with Crippen molar-refractivity contribution in [2.75, 3.05) is 6.61 Å². The molecule has 5 heteroatoms. The molecule has 0 unspecified atom stereocenters. The fourth-order valence-electron chi connectivity index (χ4n) is 1.71. The van der Waals surface area contributed by atoms with Crippen LogP contribution < -0.4 is 10.5 Å². The van der Waals surface area contributed by atoms with Gasteiger partial charge in [0.05, 0.1) is 11.2 Å². The average molecular weight is 277 g/mol. The molecular formula is C14H19N3OS. The largest absolute Gasteiger partial charge is 0.490 e. The number of rotatable bonds is 7. The summed E-state index contributed by atoms with van der Waals surface area (Å²) in [5.41, 5.74) is 7.21. The molecule has 1 atom stereocenters. The number of pyridine rings is 1. The first-order valence-corrected chi connectivity index (χ1v) is 7.36. The minimum atomic E-state index is 0.0224. The van der Waals surface area contributed by atoms with Crippen LogP contribution in [0.25, 0.3) is 0 Å². The summed E-state index contributed by atoms with van der Waals surface area (Å²) >= 11 is 1.67. The predicted molar refractivity (Wildman–Crippen MR) is 77.5 cm³/mol. The number of nitrogens with two attached hydrogens (primary N) is 1. The third kappa shape index (κ3) is 4.61. The van der Waals surface area contributed by atoms with Gasteiger partial charge in [-0.15, -0.1) is 11.3 Å². The molecule has 4 nitrogen and oxygen atoms in total. The smallest absolute Gasteiger partial charge is 0.137 e. The Kier molecular flexibility index (Phi) is 5.30. The maximum absolute atomic E-state index is 6.04. The van der Waals surface area contributed by atoms with Crippen molar-refractivity contribution in [3.8, 4) is 5.75 Å². The number of nitrogens with zero attached hydrogens (tertiary/aromatic N) is 2. The summed E-state index contributed by atoms with van der Waals surface area (Å²) in [6.45, 7) is 2.61. The maximum atomic E-state index is 6.04. The van der Waals surface area contributed by atoms with Crippen molar-refractivity contribution in [1.29, 1.82) is 0 Å². The SMILES string of the molecule is CCc1cncc(OC[C@H](N)CCc2nccs2)c1. The summed E-state index contributed by atoms with van der Waals surface area (Å²) < 4.78 is 5.68. The first-order chi connectivity index (χ1) is 9.28. The van der Waals surface area contributed by atoms with Crippen LogP contribution in [0.2, 0.25) is 0 Å². The molecule has 2 heterocycles. The topological polar surface area (TPSA) is 61.0 Å². The number of thiazole rings is 1. The zero-order valence-electron chi connectivity index (χ0n) is 11.1. The van der Waals surface area contributed by atoms with Crippen molar-refractivity contribution < 1.29 is 4.74 Å². The van der Waals surface area contributed by atoms with E-state index in [-0.39, 0.29) is 6.04 Å². The molecule has 19 heavy (non-hydrogen) atoms. The zero-order chi connectivity index (χ0) is 13.5. The van der Waals surface area contributed by atoms with E-state index in [4.69, 9.17) is 10.5 Å². The van der Waals surface area contributed by atoms with Gasteiger partial charge < -0.3 is 10.5 Å². The normalized spacial score (nSPS) is 12.3. The Labute approximate surface area is 117 Å². The lowest BCUT2D eigenvalue weighted by Crippen LogP contribution is -2.28. The van der Waals surface area contributed by atoms with Crippen LogP contribution in [-0.2, 0) is 12.8 Å². The second-order valence-electron chi connectivity index (χ2n) is 4.42. The third-order valence-electron chi connectivity index (χ3n) is 2.85. The van der Waals surface area contributed by atoms with E-state index in [1.807, 2.05) is 23.8 Å². The summed E-state index contributed by atoms with van der Waals surface area (Å²) in [6, 6.07) is 2.04. The molecule has 2 aromatic rings. The molecule has 0 radical (unpaired) electrons. The standard InChI is InChI=1S/C14H19N3OS/c1-2-11-7-13(9-16-8-11)18-10-12(15)3-4-14-17-5-6-19-14/h5-9,12H,2-4,10,15H2,1H3/t12-/m1/s1. The molecule has 0 aliphatic carbocycles. The van der Waals surface area contributed by atoms with E-state index in [0.29, 0.717) is 6.61 Å². The lowest BCUT2D eigenvalue weighted by Gasteiger charge is -2.12. The summed E-state index contributed by atoms with van der Waals surface area (Å²) in [4.78, 5) is 8.39. The van der Waals surface area contributed by atoms with Crippen molar-refractivity contribution >= 4 is 11.3 Å². The van der Waals surface area contributed by atoms with E-state index in [1.54, 1.807) is 17.5 Å². The lowest BCUT2D eigenvalue weighted by atomic mass is 10.2. The molecule has 0 saturated heterocycles. The molecular weight excluding hydrogens is 258 g/mol. The van der Waals surface area contributed by atoms with Gasteiger partial charge in [0.25, 0.3) is 0 Å². The van der Waals surface area contributed by atoms with Gasteiger partial charge in [0.1, 0.15) is 12.4 Å². The molecule has 2 rings (SSSR count). The third-order valence-corrected chi connectivity index (χ3v) is 3.69. The van der Waals surface area contributed by atoms with Gasteiger partial charge in [-0.3, -0.25) is 4.98 Å². The van der Waals surface area contributed by atoms with Crippen molar-refractivity contribution in [2.45, 2.75) is 32.2 Å². The van der Waals surface area contributed by atoms with Gasteiger partial charge in [0, 0.05) is 30.2 Å². The highest BCUT2D eigenvalue weighted by molar-refractivity contribution is 7.09. The van der Waals surface area contributed by atoms with E-state index in [9.17, 15) is 0 Å². The molecule has 0 aromatic carbocycles. The van der Waals surface area contributed by atoms with Crippen LogP contribution in [0.4, 0.5) is 0 Å². The highest BCUT2D eigenvalue weighted by Crippen LogP contribution is 2.13. The quantitative estimate of drug-likeness (QED) is 0.844. The fourth-order valence-corrected chi connectivity index (χ4v) is 2.34. The first-order valence-electron chi connectivity index (χ1n) is 6.48. The molecule has 0 bridgehead atoms. The van der Waals surface area contributed by atoms with E-state index in [0.717, 1.165) is 30.0 Å². The van der Waals surface area contributed by atoms with Gasteiger partial charge in [0.2, 0.25) is 0 Å². The molecule has 0 amide bonds. The zero-order valence-corrected chi connectivity index (χ0v) is 11.9. The first kappa shape index (κ1) is 14.0. The van der Waals surface area contributed by atoms with E-state index in [2.05, 4.69) is 16.9 Å². The molecule has 2 aromatic heterocycles. The number of ether oxygens (including phenoxy) is 1. The van der Waals surface area contributed by atoms with Crippen LogP contribution in [0.3, 0.4) is 0 Å². The van der Waals surface area contributed by atoms with Gasteiger partial charge in [0.15, 0.2) is 0 Å². The van der Waals surface area contributed by atoms with E-state index >= 15 is 0 Å². The van der Waals surface area contributed by atoms with E-state index < -0.39 is 0 Å². The Morgan fingerprint density at radius 1 is 1.42 bits per heavy atom. The Hall–Kier alpha value is -1.46.